The maximum atomic E-state index is 11.2. The molecule has 0 atom stereocenters. The molecule has 0 aliphatic heterocycles. The molecule has 0 saturated carbocycles. The molecule has 0 spiro atoms. The summed E-state index contributed by atoms with van der Waals surface area (Å²) in [6.07, 6.45) is 0. The first-order valence-corrected chi connectivity index (χ1v) is 5.76. The van der Waals surface area contributed by atoms with E-state index in [1.807, 2.05) is 20.8 Å². The van der Waals surface area contributed by atoms with Crippen LogP contribution in [-0.2, 0) is 4.74 Å². The van der Waals surface area contributed by atoms with Crippen molar-refractivity contribution in [2.45, 2.75) is 26.4 Å². The molecule has 0 saturated heterocycles. The molecule has 0 aliphatic carbocycles. The average Bonchev–Trinajstić information content (AvgIpc) is 2.24. The molecule has 1 aromatic rings. The van der Waals surface area contributed by atoms with Crippen LogP contribution >= 0.6 is 0 Å². The van der Waals surface area contributed by atoms with Crippen molar-refractivity contribution in [1.29, 1.82) is 0 Å². The van der Waals surface area contributed by atoms with Crippen LogP contribution in [0.15, 0.2) is 18.2 Å². The Morgan fingerprint density at radius 3 is 2.50 bits per heavy atom. The number of amides is 1. The van der Waals surface area contributed by atoms with Crippen LogP contribution < -0.4 is 16.2 Å². The maximum Gasteiger partial charge on any atom is 0.252 e. The molecule has 100 valence electrons. The Bertz CT molecular complexity index is 425. The van der Waals surface area contributed by atoms with E-state index in [-0.39, 0.29) is 11.2 Å². The summed E-state index contributed by atoms with van der Waals surface area (Å²) in [7, 11) is 0. The van der Waals surface area contributed by atoms with E-state index >= 15 is 0 Å². The minimum Gasteiger partial charge on any atom is -0.490 e. The molecule has 1 amide bonds. The molecule has 0 heterocycles. The molecule has 4 N–H and O–H groups in total. The quantitative estimate of drug-likeness (QED) is 0.615. The molecule has 0 bridgehead atoms. The van der Waals surface area contributed by atoms with E-state index in [1.54, 1.807) is 12.1 Å². The highest BCUT2D eigenvalue weighted by molar-refractivity contribution is 5.96. The summed E-state index contributed by atoms with van der Waals surface area (Å²) < 4.78 is 11.0. The number of hydrogen-bond donors (Lipinski definition) is 2. The lowest BCUT2D eigenvalue weighted by atomic mass is 10.1. The molecular weight excluding hydrogens is 232 g/mol. The van der Waals surface area contributed by atoms with Crippen LogP contribution in [0, 0.1) is 0 Å². The predicted octanol–water partition coefficient (Wildman–Crippen LogP) is 1.56. The number of benzene rings is 1. The summed E-state index contributed by atoms with van der Waals surface area (Å²) in [5.41, 5.74) is 11.4. The molecule has 0 aromatic heterocycles. The van der Waals surface area contributed by atoms with Gasteiger partial charge in [0.2, 0.25) is 0 Å². The van der Waals surface area contributed by atoms with E-state index in [4.69, 9.17) is 20.9 Å². The van der Waals surface area contributed by atoms with Gasteiger partial charge in [0.1, 0.15) is 12.4 Å². The lowest BCUT2D eigenvalue weighted by Gasteiger charge is -2.19. The molecule has 0 unspecified atom stereocenters. The molecule has 1 aromatic carbocycles. The number of nitrogen functional groups attached to an aromatic ring is 1. The van der Waals surface area contributed by atoms with Crippen molar-refractivity contribution < 1.29 is 14.3 Å². The highest BCUT2D eigenvalue weighted by Crippen LogP contribution is 2.21. The number of rotatable bonds is 5. The first-order chi connectivity index (χ1) is 8.29. The Hall–Kier alpha value is -1.75. The summed E-state index contributed by atoms with van der Waals surface area (Å²) in [5.74, 6) is -0.136. The standard InChI is InChI=1S/C13H20N2O3/c1-13(2,3)18-7-6-17-11-5-4-9(14)8-10(11)12(15)16/h4-5,8H,6-7,14H2,1-3H3,(H2,15,16). The number of ether oxygens (including phenoxy) is 2. The van der Waals surface area contributed by atoms with E-state index in [0.717, 1.165) is 0 Å². The van der Waals surface area contributed by atoms with Gasteiger partial charge >= 0.3 is 0 Å². The zero-order chi connectivity index (χ0) is 13.8. The van der Waals surface area contributed by atoms with Gasteiger partial charge in [-0.2, -0.15) is 0 Å². The lowest BCUT2D eigenvalue weighted by Crippen LogP contribution is -2.23. The van der Waals surface area contributed by atoms with Gasteiger partial charge < -0.3 is 20.9 Å². The minimum absolute atomic E-state index is 0.211. The SMILES string of the molecule is CC(C)(C)OCCOc1ccc(N)cc1C(N)=O. The van der Waals surface area contributed by atoms with Gasteiger partial charge in [0.05, 0.1) is 17.8 Å². The Kier molecular flexibility index (Phi) is 4.55. The highest BCUT2D eigenvalue weighted by Gasteiger charge is 2.12. The Balaban J connectivity index is 2.59. The van der Waals surface area contributed by atoms with Crippen molar-refractivity contribution in [3.8, 4) is 5.75 Å². The van der Waals surface area contributed by atoms with Crippen LogP contribution in [0.4, 0.5) is 5.69 Å². The number of anilines is 1. The van der Waals surface area contributed by atoms with E-state index in [1.165, 1.54) is 6.07 Å². The monoisotopic (exact) mass is 252 g/mol. The van der Waals surface area contributed by atoms with Crippen LogP contribution in [0.5, 0.6) is 5.75 Å². The van der Waals surface area contributed by atoms with Crippen molar-refractivity contribution in [2.75, 3.05) is 18.9 Å². The molecular formula is C13H20N2O3. The number of nitrogens with two attached hydrogens (primary N) is 2. The van der Waals surface area contributed by atoms with Crippen LogP contribution in [0.25, 0.3) is 0 Å². The van der Waals surface area contributed by atoms with Crippen LogP contribution in [-0.4, -0.2) is 24.7 Å². The fourth-order valence-electron chi connectivity index (χ4n) is 1.37. The smallest absolute Gasteiger partial charge is 0.252 e. The van der Waals surface area contributed by atoms with Gasteiger partial charge in [0.25, 0.3) is 5.91 Å². The first-order valence-electron chi connectivity index (χ1n) is 5.76. The van der Waals surface area contributed by atoms with Gasteiger partial charge in [0.15, 0.2) is 0 Å². The van der Waals surface area contributed by atoms with E-state index in [0.29, 0.717) is 24.7 Å². The maximum absolute atomic E-state index is 11.2. The third-order valence-electron chi connectivity index (χ3n) is 2.15. The van der Waals surface area contributed by atoms with Crippen LogP contribution in [0.1, 0.15) is 31.1 Å². The van der Waals surface area contributed by atoms with Crippen molar-refractivity contribution in [3.63, 3.8) is 0 Å². The lowest BCUT2D eigenvalue weighted by molar-refractivity contribution is -0.0163. The normalized spacial score (nSPS) is 11.3. The van der Waals surface area contributed by atoms with Crippen LogP contribution in [0.3, 0.4) is 0 Å². The van der Waals surface area contributed by atoms with Crippen molar-refractivity contribution in [1.82, 2.24) is 0 Å². The topological polar surface area (TPSA) is 87.6 Å². The number of carbonyl (C=O) groups excluding carboxylic acids is 1. The summed E-state index contributed by atoms with van der Waals surface area (Å²) >= 11 is 0. The van der Waals surface area contributed by atoms with Crippen molar-refractivity contribution >= 4 is 11.6 Å². The van der Waals surface area contributed by atoms with Crippen molar-refractivity contribution in [2.24, 2.45) is 5.73 Å². The third kappa shape index (κ3) is 4.63. The fraction of sp³-hybridized carbons (Fsp3) is 0.462. The number of hydrogen-bond acceptors (Lipinski definition) is 4. The van der Waals surface area contributed by atoms with Crippen molar-refractivity contribution in [3.05, 3.63) is 23.8 Å². The molecule has 5 heteroatoms. The van der Waals surface area contributed by atoms with Gasteiger partial charge in [0, 0.05) is 5.69 Å². The predicted molar refractivity (Wildman–Crippen MR) is 70.6 cm³/mol. The van der Waals surface area contributed by atoms with E-state index in [2.05, 4.69) is 0 Å². The number of carbonyl (C=O) groups is 1. The second kappa shape index (κ2) is 5.73. The van der Waals surface area contributed by atoms with Gasteiger partial charge in [-0.15, -0.1) is 0 Å². The Morgan fingerprint density at radius 1 is 1.28 bits per heavy atom. The van der Waals surface area contributed by atoms with E-state index < -0.39 is 5.91 Å². The first kappa shape index (κ1) is 14.3. The number of primary amides is 1. The van der Waals surface area contributed by atoms with Crippen LogP contribution in [0.2, 0.25) is 0 Å². The summed E-state index contributed by atoms with van der Waals surface area (Å²) in [4.78, 5) is 11.2. The molecule has 1 rings (SSSR count). The largest absolute Gasteiger partial charge is 0.490 e. The second-order valence-electron chi connectivity index (χ2n) is 4.93. The molecule has 0 aliphatic rings. The zero-order valence-electron chi connectivity index (χ0n) is 11.0. The molecule has 0 radical (unpaired) electrons. The third-order valence-corrected chi connectivity index (χ3v) is 2.15. The fourth-order valence-corrected chi connectivity index (χ4v) is 1.37. The van der Waals surface area contributed by atoms with Gasteiger partial charge in [-0.3, -0.25) is 4.79 Å². The zero-order valence-corrected chi connectivity index (χ0v) is 11.0. The van der Waals surface area contributed by atoms with Gasteiger partial charge in [-0.05, 0) is 39.0 Å². The summed E-state index contributed by atoms with van der Waals surface area (Å²) in [6, 6.07) is 4.79. The van der Waals surface area contributed by atoms with E-state index in [9.17, 15) is 4.79 Å². The average molecular weight is 252 g/mol. The summed E-state index contributed by atoms with van der Waals surface area (Å²) in [6.45, 7) is 6.68. The highest BCUT2D eigenvalue weighted by atomic mass is 16.5. The summed E-state index contributed by atoms with van der Waals surface area (Å²) in [5, 5.41) is 0. The molecule has 0 fully saturated rings. The second-order valence-corrected chi connectivity index (χ2v) is 4.93. The Morgan fingerprint density at radius 2 is 1.94 bits per heavy atom. The molecule has 18 heavy (non-hydrogen) atoms. The minimum atomic E-state index is -0.561. The Labute approximate surface area is 107 Å². The molecule has 5 nitrogen and oxygen atoms in total. The van der Waals surface area contributed by atoms with Gasteiger partial charge in [-0.25, -0.2) is 0 Å². The van der Waals surface area contributed by atoms with Gasteiger partial charge in [-0.1, -0.05) is 0 Å².